The van der Waals surface area contributed by atoms with Crippen LogP contribution in [0.2, 0.25) is 0 Å². The standard InChI is InChI=1S/C18H19N5OS/c1-12(2)14-5-7-15(8-6-14)17-21-22-18(25-17)20-16(24)9-4-13-10-19-23(3)11-13/h4-12H,1-3H3,(H,20,22,24)/b9-4+. The van der Waals surface area contributed by atoms with Gasteiger partial charge in [0.05, 0.1) is 6.20 Å². The van der Waals surface area contributed by atoms with E-state index >= 15 is 0 Å². The highest BCUT2D eigenvalue weighted by molar-refractivity contribution is 7.18. The molecule has 0 aliphatic rings. The topological polar surface area (TPSA) is 72.7 Å². The number of hydrogen-bond acceptors (Lipinski definition) is 5. The molecule has 3 rings (SSSR count). The van der Waals surface area contributed by atoms with Crippen LogP contribution in [0.15, 0.2) is 42.7 Å². The molecule has 2 heterocycles. The fourth-order valence-corrected chi connectivity index (χ4v) is 3.00. The summed E-state index contributed by atoms with van der Waals surface area (Å²) in [7, 11) is 1.83. The van der Waals surface area contributed by atoms with E-state index in [9.17, 15) is 4.79 Å². The molecular weight excluding hydrogens is 334 g/mol. The first kappa shape index (κ1) is 17.0. The van der Waals surface area contributed by atoms with Gasteiger partial charge in [0.15, 0.2) is 0 Å². The second-order valence-electron chi connectivity index (χ2n) is 5.96. The quantitative estimate of drug-likeness (QED) is 0.710. The molecule has 0 unspecified atom stereocenters. The molecule has 0 fully saturated rings. The zero-order valence-electron chi connectivity index (χ0n) is 14.3. The van der Waals surface area contributed by atoms with Crippen molar-refractivity contribution in [3.63, 3.8) is 0 Å². The Hall–Kier alpha value is -2.80. The van der Waals surface area contributed by atoms with Crippen LogP contribution in [0.5, 0.6) is 0 Å². The van der Waals surface area contributed by atoms with Crippen LogP contribution in [0, 0.1) is 0 Å². The van der Waals surface area contributed by atoms with Crippen LogP contribution in [0.4, 0.5) is 5.13 Å². The molecule has 0 saturated heterocycles. The van der Waals surface area contributed by atoms with Gasteiger partial charge in [-0.3, -0.25) is 14.8 Å². The van der Waals surface area contributed by atoms with Crippen LogP contribution >= 0.6 is 11.3 Å². The zero-order valence-corrected chi connectivity index (χ0v) is 15.1. The van der Waals surface area contributed by atoms with E-state index in [-0.39, 0.29) is 5.91 Å². The predicted molar refractivity (Wildman–Crippen MR) is 100 cm³/mol. The van der Waals surface area contributed by atoms with Crippen LogP contribution in [0.1, 0.15) is 30.9 Å². The summed E-state index contributed by atoms with van der Waals surface area (Å²) in [6.07, 6.45) is 6.67. The summed E-state index contributed by atoms with van der Waals surface area (Å²) in [5.41, 5.74) is 3.14. The first-order valence-corrected chi connectivity index (χ1v) is 8.74. The number of benzene rings is 1. The van der Waals surface area contributed by atoms with Crippen LogP contribution in [-0.4, -0.2) is 25.9 Å². The van der Waals surface area contributed by atoms with E-state index in [1.165, 1.54) is 23.0 Å². The maximum atomic E-state index is 12.0. The molecule has 1 aromatic carbocycles. The SMILES string of the molecule is CC(C)c1ccc(-c2nnc(NC(=O)/C=C/c3cnn(C)c3)s2)cc1. The van der Waals surface area contributed by atoms with E-state index in [0.717, 1.165) is 16.1 Å². The Morgan fingerprint density at radius 3 is 2.64 bits per heavy atom. The molecule has 0 aliphatic carbocycles. The minimum absolute atomic E-state index is 0.248. The lowest BCUT2D eigenvalue weighted by atomic mass is 10.0. The van der Waals surface area contributed by atoms with Gasteiger partial charge in [-0.2, -0.15) is 5.10 Å². The third-order valence-corrected chi connectivity index (χ3v) is 4.52. The summed E-state index contributed by atoms with van der Waals surface area (Å²) in [5, 5.41) is 16.2. The molecule has 1 amide bonds. The maximum absolute atomic E-state index is 12.0. The molecule has 1 N–H and O–H groups in total. The van der Waals surface area contributed by atoms with Gasteiger partial charge >= 0.3 is 0 Å². The van der Waals surface area contributed by atoms with E-state index < -0.39 is 0 Å². The van der Waals surface area contributed by atoms with Crippen molar-refractivity contribution in [1.82, 2.24) is 20.0 Å². The van der Waals surface area contributed by atoms with Gasteiger partial charge < -0.3 is 0 Å². The van der Waals surface area contributed by atoms with E-state index in [1.54, 1.807) is 17.0 Å². The number of anilines is 1. The Labute approximate surface area is 150 Å². The van der Waals surface area contributed by atoms with E-state index in [2.05, 4.69) is 46.6 Å². The molecule has 0 bridgehead atoms. The highest BCUT2D eigenvalue weighted by atomic mass is 32.1. The second-order valence-corrected chi connectivity index (χ2v) is 6.94. The summed E-state index contributed by atoms with van der Waals surface area (Å²) in [5.74, 6) is 0.242. The van der Waals surface area contributed by atoms with E-state index in [1.807, 2.05) is 25.4 Å². The molecule has 25 heavy (non-hydrogen) atoms. The average molecular weight is 353 g/mol. The lowest BCUT2D eigenvalue weighted by Gasteiger charge is -2.04. The summed E-state index contributed by atoms with van der Waals surface area (Å²) >= 11 is 1.35. The summed E-state index contributed by atoms with van der Waals surface area (Å²) in [4.78, 5) is 12.0. The van der Waals surface area contributed by atoms with Crippen molar-refractivity contribution in [2.24, 2.45) is 7.05 Å². The molecule has 6 nitrogen and oxygen atoms in total. The van der Waals surface area contributed by atoms with Gasteiger partial charge in [0.2, 0.25) is 11.0 Å². The smallest absolute Gasteiger partial charge is 0.250 e. The number of rotatable bonds is 5. The van der Waals surface area contributed by atoms with Crippen molar-refractivity contribution in [1.29, 1.82) is 0 Å². The van der Waals surface area contributed by atoms with Crippen molar-refractivity contribution in [3.8, 4) is 10.6 Å². The second kappa shape index (κ2) is 7.40. The molecule has 0 atom stereocenters. The number of nitrogens with zero attached hydrogens (tertiary/aromatic N) is 4. The molecular formula is C18H19N5OS. The van der Waals surface area contributed by atoms with Gasteiger partial charge in [-0.1, -0.05) is 49.4 Å². The molecule has 0 spiro atoms. The Kier molecular flexibility index (Phi) is 5.04. The molecule has 7 heteroatoms. The molecule has 0 saturated carbocycles. The van der Waals surface area contributed by atoms with Crippen molar-refractivity contribution >= 4 is 28.5 Å². The predicted octanol–water partition coefficient (Wildman–Crippen LogP) is 3.71. The molecule has 3 aromatic rings. The minimum atomic E-state index is -0.248. The first-order chi connectivity index (χ1) is 12.0. The number of hydrogen-bond donors (Lipinski definition) is 1. The zero-order chi connectivity index (χ0) is 17.8. The van der Waals surface area contributed by atoms with Gasteiger partial charge in [-0.15, -0.1) is 10.2 Å². The van der Waals surface area contributed by atoms with Crippen LogP contribution in [0.25, 0.3) is 16.6 Å². The first-order valence-electron chi connectivity index (χ1n) is 7.93. The maximum Gasteiger partial charge on any atom is 0.250 e. The van der Waals surface area contributed by atoms with Gasteiger partial charge in [0, 0.05) is 30.4 Å². The van der Waals surface area contributed by atoms with Crippen LogP contribution < -0.4 is 5.32 Å². The Morgan fingerprint density at radius 1 is 1.24 bits per heavy atom. The largest absolute Gasteiger partial charge is 0.297 e. The van der Waals surface area contributed by atoms with Gasteiger partial charge in [0.1, 0.15) is 5.01 Å². The summed E-state index contributed by atoms with van der Waals surface area (Å²) < 4.78 is 1.68. The average Bonchev–Trinajstić information content (AvgIpc) is 3.22. The third kappa shape index (κ3) is 4.39. The van der Waals surface area contributed by atoms with Crippen molar-refractivity contribution in [2.75, 3.05) is 5.32 Å². The Morgan fingerprint density at radius 2 is 2.00 bits per heavy atom. The van der Waals surface area contributed by atoms with Crippen LogP contribution in [0.3, 0.4) is 0 Å². The van der Waals surface area contributed by atoms with Crippen molar-refractivity contribution in [3.05, 3.63) is 53.9 Å². The number of nitrogens with one attached hydrogen (secondary N) is 1. The number of carbonyl (C=O) groups excluding carboxylic acids is 1. The van der Waals surface area contributed by atoms with Gasteiger partial charge in [0.25, 0.3) is 0 Å². The van der Waals surface area contributed by atoms with Gasteiger partial charge in [-0.25, -0.2) is 0 Å². The number of aryl methyl sites for hydroxylation is 1. The molecule has 128 valence electrons. The van der Waals surface area contributed by atoms with E-state index in [4.69, 9.17) is 0 Å². The number of carbonyl (C=O) groups is 1. The third-order valence-electron chi connectivity index (χ3n) is 3.63. The van der Waals surface area contributed by atoms with Gasteiger partial charge in [-0.05, 0) is 17.6 Å². The minimum Gasteiger partial charge on any atom is -0.297 e. The van der Waals surface area contributed by atoms with Crippen molar-refractivity contribution < 1.29 is 4.79 Å². The molecule has 0 aliphatic heterocycles. The normalized spacial score (nSPS) is 11.4. The lowest BCUT2D eigenvalue weighted by molar-refractivity contribution is -0.111. The van der Waals surface area contributed by atoms with E-state index in [0.29, 0.717) is 11.0 Å². The Balaban J connectivity index is 1.65. The van der Waals surface area contributed by atoms with Crippen molar-refractivity contribution in [2.45, 2.75) is 19.8 Å². The summed E-state index contributed by atoms with van der Waals surface area (Å²) in [6.45, 7) is 4.32. The Bertz CT molecular complexity index is 892. The highest BCUT2D eigenvalue weighted by Crippen LogP contribution is 2.27. The lowest BCUT2D eigenvalue weighted by Crippen LogP contribution is -2.07. The highest BCUT2D eigenvalue weighted by Gasteiger charge is 2.09. The fraction of sp³-hybridized carbons (Fsp3) is 0.222. The molecule has 0 radical (unpaired) electrons. The van der Waals surface area contributed by atoms with Crippen LogP contribution in [-0.2, 0) is 11.8 Å². The number of amides is 1. The number of aromatic nitrogens is 4. The monoisotopic (exact) mass is 353 g/mol. The fourth-order valence-electron chi connectivity index (χ4n) is 2.25. The summed E-state index contributed by atoms with van der Waals surface area (Å²) in [6, 6.07) is 8.25. The molecule has 2 aromatic heterocycles.